The van der Waals surface area contributed by atoms with Crippen LogP contribution in [0.25, 0.3) is 11.8 Å². The Bertz CT molecular complexity index is 529. The Morgan fingerprint density at radius 1 is 1.26 bits per heavy atom. The number of rotatable bonds is 2. The molecule has 1 aliphatic rings. The quantitative estimate of drug-likeness (QED) is 0.792. The second-order valence-electron chi connectivity index (χ2n) is 4.91. The molecule has 0 spiro atoms. The Labute approximate surface area is 126 Å². The first-order chi connectivity index (χ1) is 8.59. The molecular weight excluding hydrogens is 229 g/mol. The van der Waals surface area contributed by atoms with Gasteiger partial charge in [-0.2, -0.15) is 5.70 Å². The van der Waals surface area contributed by atoms with E-state index in [0.717, 1.165) is 11.1 Å². The van der Waals surface area contributed by atoms with Crippen molar-refractivity contribution in [2.45, 2.75) is 13.8 Å². The molecule has 0 saturated heterocycles. The third kappa shape index (κ3) is 3.56. The van der Waals surface area contributed by atoms with E-state index >= 15 is 0 Å². The monoisotopic (exact) mass is 247 g/mol. The summed E-state index contributed by atoms with van der Waals surface area (Å²) in [5.41, 5.74) is 10.5. The molecule has 1 atom stereocenters. The van der Waals surface area contributed by atoms with E-state index in [1.54, 1.807) is 6.07 Å². The van der Waals surface area contributed by atoms with Crippen LogP contribution in [0.2, 0.25) is 0 Å². The third-order valence-corrected chi connectivity index (χ3v) is 3.18. The molecule has 1 aromatic carbocycles. The molecule has 3 heteroatoms. The molecule has 0 fully saturated rings. The third-order valence-electron chi connectivity index (χ3n) is 3.18. The van der Waals surface area contributed by atoms with E-state index in [1.165, 1.54) is 0 Å². The number of nitrogens with one attached hydrogen (secondary N) is 1. The summed E-state index contributed by atoms with van der Waals surface area (Å²) in [5, 5.41) is 9.80. The standard InChI is InChI=1S/C16H18NO.Li/c1-11(2)16-13(7-5-8-14(16)17)10-12-6-3-4-9-15(12)18;/h3-11,16-18H,1-2H3;/q-1;+1. The molecule has 1 aliphatic carbocycles. The minimum atomic E-state index is 0. The predicted molar refractivity (Wildman–Crippen MR) is 76.0 cm³/mol. The summed E-state index contributed by atoms with van der Waals surface area (Å²) in [7, 11) is 0. The molecule has 2 rings (SSSR count). The largest absolute Gasteiger partial charge is 1.00 e. The Kier molecular flexibility index (Phi) is 5.54. The second kappa shape index (κ2) is 6.70. The first-order valence-electron chi connectivity index (χ1n) is 6.19. The van der Waals surface area contributed by atoms with Gasteiger partial charge < -0.3 is 10.8 Å². The van der Waals surface area contributed by atoms with Crippen molar-refractivity contribution in [1.29, 1.82) is 0 Å². The van der Waals surface area contributed by atoms with Gasteiger partial charge in [-0.15, -0.1) is 0 Å². The summed E-state index contributed by atoms with van der Waals surface area (Å²) < 4.78 is 0. The maximum Gasteiger partial charge on any atom is 1.00 e. The fraction of sp³-hybridized carbons (Fsp3) is 0.250. The van der Waals surface area contributed by atoms with Crippen LogP contribution in [-0.4, -0.2) is 5.11 Å². The summed E-state index contributed by atoms with van der Waals surface area (Å²) in [6, 6.07) is 7.28. The van der Waals surface area contributed by atoms with Gasteiger partial charge in [-0.1, -0.05) is 50.3 Å². The van der Waals surface area contributed by atoms with Gasteiger partial charge in [0.2, 0.25) is 0 Å². The molecule has 1 aromatic rings. The molecule has 0 amide bonds. The first-order valence-corrected chi connectivity index (χ1v) is 6.19. The molecule has 0 bridgehead atoms. The van der Waals surface area contributed by atoms with Crippen molar-refractivity contribution in [3.8, 4) is 5.75 Å². The summed E-state index contributed by atoms with van der Waals surface area (Å²) in [5.74, 6) is 0.757. The number of para-hydroxylation sites is 1. The van der Waals surface area contributed by atoms with Crippen LogP contribution < -0.4 is 18.9 Å². The van der Waals surface area contributed by atoms with Crippen LogP contribution in [0.4, 0.5) is 0 Å². The Morgan fingerprint density at radius 3 is 2.58 bits per heavy atom. The van der Waals surface area contributed by atoms with E-state index in [1.807, 2.05) is 42.5 Å². The molecule has 0 aliphatic heterocycles. The molecule has 2 N–H and O–H groups in total. The van der Waals surface area contributed by atoms with Gasteiger partial charge in [0.1, 0.15) is 5.75 Å². The molecular formula is C16H18LiNO. The molecule has 0 radical (unpaired) electrons. The summed E-state index contributed by atoms with van der Waals surface area (Å²) in [6.07, 6.45) is 7.73. The van der Waals surface area contributed by atoms with E-state index in [0.29, 0.717) is 11.6 Å². The smallest absolute Gasteiger partial charge is 0.702 e. The number of hydrogen-bond acceptors (Lipinski definition) is 1. The Morgan fingerprint density at radius 2 is 1.95 bits per heavy atom. The SMILES string of the molecule is CC(C)C1C([NH-])=CC=CC1=Cc1ccccc1O.[Li+]. The van der Waals surface area contributed by atoms with Crippen LogP contribution in [-0.2, 0) is 0 Å². The maximum absolute atomic E-state index is 9.80. The number of allylic oxidation sites excluding steroid dienone is 4. The van der Waals surface area contributed by atoms with Gasteiger partial charge in [-0.25, -0.2) is 0 Å². The fourth-order valence-electron chi connectivity index (χ4n) is 2.32. The molecule has 19 heavy (non-hydrogen) atoms. The van der Waals surface area contributed by atoms with Crippen molar-refractivity contribution in [1.82, 2.24) is 0 Å². The molecule has 2 nitrogen and oxygen atoms in total. The normalized spacial score (nSPS) is 20.3. The number of aromatic hydroxyl groups is 1. The van der Waals surface area contributed by atoms with Crippen LogP contribution in [0.15, 0.2) is 53.8 Å². The molecule has 0 aromatic heterocycles. The maximum atomic E-state index is 9.80. The summed E-state index contributed by atoms with van der Waals surface area (Å²) in [4.78, 5) is 0. The van der Waals surface area contributed by atoms with Crippen molar-refractivity contribution < 1.29 is 24.0 Å². The van der Waals surface area contributed by atoms with Crippen LogP contribution in [0.1, 0.15) is 19.4 Å². The van der Waals surface area contributed by atoms with E-state index in [-0.39, 0.29) is 30.5 Å². The number of phenols is 1. The fourth-order valence-corrected chi connectivity index (χ4v) is 2.32. The minimum absolute atomic E-state index is 0. The van der Waals surface area contributed by atoms with Crippen LogP contribution >= 0.6 is 0 Å². The van der Waals surface area contributed by atoms with Gasteiger partial charge in [-0.05, 0) is 29.6 Å². The average molecular weight is 247 g/mol. The molecule has 94 valence electrons. The van der Waals surface area contributed by atoms with Gasteiger partial charge >= 0.3 is 18.9 Å². The van der Waals surface area contributed by atoms with Crippen molar-refractivity contribution in [2.24, 2.45) is 11.8 Å². The van der Waals surface area contributed by atoms with Crippen molar-refractivity contribution in [3.05, 3.63) is 65.1 Å². The number of hydrogen-bond donors (Lipinski definition) is 1. The van der Waals surface area contributed by atoms with Crippen molar-refractivity contribution in [3.63, 3.8) is 0 Å². The zero-order chi connectivity index (χ0) is 13.1. The van der Waals surface area contributed by atoms with Gasteiger partial charge in [0, 0.05) is 5.56 Å². The van der Waals surface area contributed by atoms with E-state index in [9.17, 15) is 5.11 Å². The van der Waals surface area contributed by atoms with Crippen LogP contribution in [0.5, 0.6) is 5.75 Å². The van der Waals surface area contributed by atoms with E-state index < -0.39 is 0 Å². The van der Waals surface area contributed by atoms with Gasteiger partial charge in [0.25, 0.3) is 0 Å². The van der Waals surface area contributed by atoms with Gasteiger partial charge in [0.05, 0.1) is 0 Å². The summed E-state index contributed by atoms with van der Waals surface area (Å²) >= 11 is 0. The predicted octanol–water partition coefficient (Wildman–Crippen LogP) is 1.56. The summed E-state index contributed by atoms with van der Waals surface area (Å²) in [6.45, 7) is 4.23. The van der Waals surface area contributed by atoms with E-state index in [4.69, 9.17) is 5.73 Å². The van der Waals surface area contributed by atoms with E-state index in [2.05, 4.69) is 13.8 Å². The van der Waals surface area contributed by atoms with Gasteiger partial charge in [0.15, 0.2) is 0 Å². The molecule has 0 saturated carbocycles. The van der Waals surface area contributed by atoms with Crippen molar-refractivity contribution >= 4 is 6.08 Å². The average Bonchev–Trinajstić information content (AvgIpc) is 2.31. The topological polar surface area (TPSA) is 44.0 Å². The molecule has 0 heterocycles. The van der Waals surface area contributed by atoms with Gasteiger partial charge in [-0.3, -0.25) is 0 Å². The van der Waals surface area contributed by atoms with Crippen LogP contribution in [0, 0.1) is 11.8 Å². The Hall–Kier alpha value is -1.36. The minimum Gasteiger partial charge on any atom is -0.702 e. The molecule has 1 unspecified atom stereocenters. The zero-order valence-corrected chi connectivity index (χ0v) is 11.7. The number of benzene rings is 1. The number of phenolic OH excluding ortho intramolecular Hbond substituents is 1. The van der Waals surface area contributed by atoms with Crippen LogP contribution in [0.3, 0.4) is 0 Å². The second-order valence-corrected chi connectivity index (χ2v) is 4.91. The van der Waals surface area contributed by atoms with Crippen molar-refractivity contribution in [2.75, 3.05) is 0 Å². The zero-order valence-electron chi connectivity index (χ0n) is 11.7. The first kappa shape index (κ1) is 15.7. The Balaban J connectivity index is 0.00000180.